The SMILES string of the molecule is CC(C)(C)C(NC(=O)c1ccc2ccccc2c1OCc1ccc(C(F)(F)F)cn1)C(=O)O. The first-order valence-corrected chi connectivity index (χ1v) is 10.1. The molecule has 0 spiro atoms. The van der Waals surface area contributed by atoms with Crippen LogP contribution in [0.15, 0.2) is 54.7 Å². The Morgan fingerprint density at radius 1 is 1.06 bits per heavy atom. The Morgan fingerprint density at radius 3 is 2.33 bits per heavy atom. The van der Waals surface area contributed by atoms with E-state index in [0.29, 0.717) is 5.39 Å². The van der Waals surface area contributed by atoms with Crippen LogP contribution in [0.4, 0.5) is 13.2 Å². The fraction of sp³-hybridized carbons (Fsp3) is 0.292. The molecule has 1 atom stereocenters. The number of hydrogen-bond donors (Lipinski definition) is 2. The minimum absolute atomic E-state index is 0.108. The number of hydrogen-bond acceptors (Lipinski definition) is 4. The first-order chi connectivity index (χ1) is 15.4. The number of carboxylic acids is 1. The molecule has 0 aliphatic heterocycles. The van der Waals surface area contributed by atoms with Gasteiger partial charge in [0.05, 0.1) is 16.8 Å². The third kappa shape index (κ3) is 5.60. The van der Waals surface area contributed by atoms with E-state index >= 15 is 0 Å². The van der Waals surface area contributed by atoms with E-state index in [1.807, 2.05) is 12.1 Å². The highest BCUT2D eigenvalue weighted by Gasteiger charge is 2.34. The molecule has 0 fully saturated rings. The van der Waals surface area contributed by atoms with Crippen molar-refractivity contribution >= 4 is 22.6 Å². The van der Waals surface area contributed by atoms with E-state index in [4.69, 9.17) is 4.74 Å². The number of alkyl halides is 3. The van der Waals surface area contributed by atoms with Crippen LogP contribution in [0.5, 0.6) is 5.75 Å². The number of nitrogens with zero attached hydrogens (tertiary/aromatic N) is 1. The van der Waals surface area contributed by atoms with E-state index in [0.717, 1.165) is 17.6 Å². The predicted molar refractivity (Wildman–Crippen MR) is 116 cm³/mol. The molecule has 9 heteroatoms. The molecular weight excluding hydrogens is 437 g/mol. The van der Waals surface area contributed by atoms with Crippen molar-refractivity contribution in [3.05, 3.63) is 71.5 Å². The van der Waals surface area contributed by atoms with Crippen LogP contribution >= 0.6 is 0 Å². The molecule has 0 saturated carbocycles. The van der Waals surface area contributed by atoms with Gasteiger partial charge in [0, 0.05) is 11.6 Å². The van der Waals surface area contributed by atoms with Gasteiger partial charge in [-0.25, -0.2) is 4.79 Å². The summed E-state index contributed by atoms with van der Waals surface area (Å²) in [6.07, 6.45) is -3.78. The van der Waals surface area contributed by atoms with Crippen LogP contribution in [0.2, 0.25) is 0 Å². The molecule has 1 aromatic heterocycles. The number of rotatable bonds is 6. The number of carboxylic acid groups (broad SMARTS) is 1. The van der Waals surface area contributed by atoms with E-state index in [1.165, 1.54) is 12.1 Å². The average molecular weight is 460 g/mol. The largest absolute Gasteiger partial charge is 0.486 e. The maximum absolute atomic E-state index is 13.0. The number of carbonyl (C=O) groups is 2. The molecule has 0 aliphatic carbocycles. The molecule has 33 heavy (non-hydrogen) atoms. The van der Waals surface area contributed by atoms with Gasteiger partial charge in [0.1, 0.15) is 18.4 Å². The summed E-state index contributed by atoms with van der Waals surface area (Å²) < 4.78 is 44.2. The topological polar surface area (TPSA) is 88.5 Å². The van der Waals surface area contributed by atoms with Crippen molar-refractivity contribution in [2.24, 2.45) is 5.41 Å². The number of benzene rings is 2. The molecular formula is C24H23F3N2O4. The zero-order chi connectivity index (χ0) is 24.4. The number of halogens is 3. The third-order valence-corrected chi connectivity index (χ3v) is 5.03. The van der Waals surface area contributed by atoms with Crippen LogP contribution < -0.4 is 10.1 Å². The van der Waals surface area contributed by atoms with Gasteiger partial charge < -0.3 is 15.2 Å². The molecule has 1 heterocycles. The molecule has 0 radical (unpaired) electrons. The van der Waals surface area contributed by atoms with Crippen molar-refractivity contribution in [1.82, 2.24) is 10.3 Å². The van der Waals surface area contributed by atoms with Gasteiger partial charge in [0.2, 0.25) is 0 Å². The highest BCUT2D eigenvalue weighted by molar-refractivity contribution is 6.05. The molecule has 0 saturated heterocycles. The maximum Gasteiger partial charge on any atom is 0.417 e. The molecule has 1 amide bonds. The summed E-state index contributed by atoms with van der Waals surface area (Å²) in [4.78, 5) is 28.5. The summed E-state index contributed by atoms with van der Waals surface area (Å²) in [7, 11) is 0. The van der Waals surface area contributed by atoms with Crippen LogP contribution in [-0.2, 0) is 17.6 Å². The molecule has 0 aliphatic rings. The Balaban J connectivity index is 1.94. The van der Waals surface area contributed by atoms with Crippen molar-refractivity contribution in [2.75, 3.05) is 0 Å². The monoisotopic (exact) mass is 460 g/mol. The van der Waals surface area contributed by atoms with Gasteiger partial charge >= 0.3 is 12.1 Å². The van der Waals surface area contributed by atoms with Gasteiger partial charge in [0.15, 0.2) is 0 Å². The van der Waals surface area contributed by atoms with Crippen molar-refractivity contribution in [1.29, 1.82) is 0 Å². The first-order valence-electron chi connectivity index (χ1n) is 10.1. The van der Waals surface area contributed by atoms with Gasteiger partial charge in [-0.3, -0.25) is 9.78 Å². The van der Waals surface area contributed by atoms with Gasteiger partial charge in [0.25, 0.3) is 5.91 Å². The minimum Gasteiger partial charge on any atom is -0.486 e. The van der Waals surface area contributed by atoms with Gasteiger partial charge in [-0.15, -0.1) is 0 Å². The lowest BCUT2D eigenvalue weighted by Gasteiger charge is -2.28. The van der Waals surface area contributed by atoms with E-state index in [2.05, 4.69) is 10.3 Å². The molecule has 2 aromatic carbocycles. The van der Waals surface area contributed by atoms with Gasteiger partial charge in [-0.1, -0.05) is 51.1 Å². The lowest BCUT2D eigenvalue weighted by Crippen LogP contribution is -2.49. The maximum atomic E-state index is 13.0. The molecule has 6 nitrogen and oxygen atoms in total. The fourth-order valence-corrected chi connectivity index (χ4v) is 3.26. The second-order valence-corrected chi connectivity index (χ2v) is 8.60. The minimum atomic E-state index is -4.50. The number of aliphatic carboxylic acids is 1. The van der Waals surface area contributed by atoms with Crippen molar-refractivity contribution in [3.8, 4) is 5.75 Å². The summed E-state index contributed by atoms with van der Waals surface area (Å²) in [6, 6.07) is 11.3. The Morgan fingerprint density at radius 2 is 1.76 bits per heavy atom. The number of carbonyl (C=O) groups excluding carboxylic acids is 1. The average Bonchev–Trinajstić information content (AvgIpc) is 2.74. The summed E-state index contributed by atoms with van der Waals surface area (Å²) in [6.45, 7) is 4.90. The van der Waals surface area contributed by atoms with Crippen molar-refractivity contribution in [3.63, 3.8) is 0 Å². The van der Waals surface area contributed by atoms with E-state index in [9.17, 15) is 27.9 Å². The van der Waals surface area contributed by atoms with Crippen molar-refractivity contribution in [2.45, 2.75) is 39.6 Å². The second-order valence-electron chi connectivity index (χ2n) is 8.60. The summed E-state index contributed by atoms with van der Waals surface area (Å²) in [5, 5.41) is 13.5. The van der Waals surface area contributed by atoms with Crippen LogP contribution in [0.1, 0.15) is 42.4 Å². The standard InChI is InChI=1S/C24H23F3N2O4/c1-23(2,3)20(22(31)32)29-21(30)18-11-8-14-6-4-5-7-17(14)19(18)33-13-16-10-9-15(12-28-16)24(25,26)27/h4-12,20H,13H2,1-3H3,(H,29,30)(H,31,32). The Labute approximate surface area is 188 Å². The van der Waals surface area contributed by atoms with Gasteiger partial charge in [-0.05, 0) is 29.0 Å². The Kier molecular flexibility index (Phi) is 6.62. The molecule has 0 bridgehead atoms. The molecule has 3 aromatic rings. The lowest BCUT2D eigenvalue weighted by atomic mass is 9.86. The molecule has 3 rings (SSSR count). The van der Waals surface area contributed by atoms with E-state index in [1.54, 1.807) is 39.0 Å². The molecule has 174 valence electrons. The van der Waals surface area contributed by atoms with Crippen LogP contribution in [0, 0.1) is 5.41 Å². The van der Waals surface area contributed by atoms with Crippen LogP contribution in [0.25, 0.3) is 10.8 Å². The van der Waals surface area contributed by atoms with Crippen LogP contribution in [0.3, 0.4) is 0 Å². The van der Waals surface area contributed by atoms with E-state index in [-0.39, 0.29) is 23.6 Å². The zero-order valence-electron chi connectivity index (χ0n) is 18.2. The molecule has 2 N–H and O–H groups in total. The highest BCUT2D eigenvalue weighted by Crippen LogP contribution is 2.32. The predicted octanol–water partition coefficient (Wildman–Crippen LogP) is 5.06. The summed E-state index contributed by atoms with van der Waals surface area (Å²) >= 11 is 0. The number of aromatic nitrogens is 1. The first kappa shape index (κ1) is 24.0. The van der Waals surface area contributed by atoms with Gasteiger partial charge in [-0.2, -0.15) is 13.2 Å². The number of ether oxygens (including phenoxy) is 1. The number of fused-ring (bicyclic) bond motifs is 1. The summed E-state index contributed by atoms with van der Waals surface area (Å²) in [5.41, 5.74) is -1.28. The Bertz CT molecular complexity index is 1170. The smallest absolute Gasteiger partial charge is 0.417 e. The number of amides is 1. The normalized spacial score (nSPS) is 12.9. The Hall–Kier alpha value is -3.62. The number of pyridine rings is 1. The zero-order valence-corrected chi connectivity index (χ0v) is 18.2. The van der Waals surface area contributed by atoms with Crippen LogP contribution in [-0.4, -0.2) is 28.0 Å². The molecule has 1 unspecified atom stereocenters. The third-order valence-electron chi connectivity index (χ3n) is 5.03. The lowest BCUT2D eigenvalue weighted by molar-refractivity contribution is -0.142. The second kappa shape index (κ2) is 9.09. The quantitative estimate of drug-likeness (QED) is 0.537. The fourth-order valence-electron chi connectivity index (χ4n) is 3.26. The number of nitrogens with one attached hydrogen (secondary N) is 1. The van der Waals surface area contributed by atoms with Crippen molar-refractivity contribution < 1.29 is 32.6 Å². The summed E-state index contributed by atoms with van der Waals surface area (Å²) in [5.74, 6) is -1.63. The van der Waals surface area contributed by atoms with E-state index < -0.39 is 35.1 Å². The highest BCUT2D eigenvalue weighted by atomic mass is 19.4.